The van der Waals surface area contributed by atoms with Gasteiger partial charge < -0.3 is 20.1 Å². The van der Waals surface area contributed by atoms with Gasteiger partial charge in [-0.05, 0) is 25.5 Å². The summed E-state index contributed by atoms with van der Waals surface area (Å²) < 4.78 is 24.5. The Hall–Kier alpha value is -1.86. The Labute approximate surface area is 155 Å². The molecule has 1 aromatic carbocycles. The Balaban J connectivity index is 1.80. The SMILES string of the molecule is CCNC(=NCC(CC)Oc1cccc(F)c1)NCCN1CCOCC1. The summed E-state index contributed by atoms with van der Waals surface area (Å²) in [5.74, 6) is 1.03. The Bertz CT molecular complexity index is 550. The lowest BCUT2D eigenvalue weighted by atomic mass is 10.2. The van der Waals surface area contributed by atoms with Gasteiger partial charge in [0.2, 0.25) is 0 Å². The van der Waals surface area contributed by atoms with Gasteiger partial charge in [0.15, 0.2) is 5.96 Å². The summed E-state index contributed by atoms with van der Waals surface area (Å²) in [6, 6.07) is 6.23. The van der Waals surface area contributed by atoms with Crippen LogP contribution < -0.4 is 15.4 Å². The van der Waals surface area contributed by atoms with Crippen LogP contribution >= 0.6 is 0 Å². The van der Waals surface area contributed by atoms with Crippen LogP contribution in [0.5, 0.6) is 5.75 Å². The number of hydrogen-bond acceptors (Lipinski definition) is 4. The van der Waals surface area contributed by atoms with Gasteiger partial charge in [-0.25, -0.2) is 9.38 Å². The van der Waals surface area contributed by atoms with Crippen molar-refractivity contribution >= 4 is 5.96 Å². The van der Waals surface area contributed by atoms with Crippen molar-refractivity contribution in [3.8, 4) is 5.75 Å². The van der Waals surface area contributed by atoms with Crippen molar-refractivity contribution in [2.24, 2.45) is 4.99 Å². The van der Waals surface area contributed by atoms with Crippen LogP contribution in [0.2, 0.25) is 0 Å². The summed E-state index contributed by atoms with van der Waals surface area (Å²) in [6.07, 6.45) is 0.708. The van der Waals surface area contributed by atoms with Gasteiger partial charge >= 0.3 is 0 Å². The van der Waals surface area contributed by atoms with E-state index >= 15 is 0 Å². The van der Waals surface area contributed by atoms with E-state index in [0.29, 0.717) is 12.3 Å². The van der Waals surface area contributed by atoms with Gasteiger partial charge in [0, 0.05) is 38.8 Å². The van der Waals surface area contributed by atoms with E-state index in [1.807, 2.05) is 13.8 Å². The molecule has 1 aliphatic rings. The molecule has 1 atom stereocenters. The van der Waals surface area contributed by atoms with Crippen molar-refractivity contribution in [2.45, 2.75) is 26.4 Å². The quantitative estimate of drug-likeness (QED) is 0.516. The normalized spacial score (nSPS) is 17.0. The largest absolute Gasteiger partial charge is 0.488 e. The topological polar surface area (TPSA) is 58.1 Å². The van der Waals surface area contributed by atoms with E-state index in [1.165, 1.54) is 12.1 Å². The van der Waals surface area contributed by atoms with Gasteiger partial charge in [-0.3, -0.25) is 4.90 Å². The molecule has 7 heteroatoms. The molecule has 6 nitrogen and oxygen atoms in total. The molecule has 1 unspecified atom stereocenters. The van der Waals surface area contributed by atoms with Gasteiger partial charge in [-0.2, -0.15) is 0 Å². The van der Waals surface area contributed by atoms with E-state index in [1.54, 1.807) is 12.1 Å². The maximum absolute atomic E-state index is 13.3. The lowest BCUT2D eigenvalue weighted by Gasteiger charge is -2.26. The van der Waals surface area contributed by atoms with Gasteiger partial charge in [0.1, 0.15) is 17.7 Å². The highest BCUT2D eigenvalue weighted by molar-refractivity contribution is 5.79. The molecule has 0 bridgehead atoms. The maximum atomic E-state index is 13.3. The van der Waals surface area contributed by atoms with Crippen LogP contribution in [0.1, 0.15) is 20.3 Å². The molecular formula is C19H31FN4O2. The minimum Gasteiger partial charge on any atom is -0.488 e. The zero-order chi connectivity index (χ0) is 18.6. The van der Waals surface area contributed by atoms with Crippen LogP contribution in [0.15, 0.2) is 29.3 Å². The number of morpholine rings is 1. The number of guanidine groups is 1. The first-order chi connectivity index (χ1) is 12.7. The van der Waals surface area contributed by atoms with Crippen molar-refractivity contribution in [3.63, 3.8) is 0 Å². The zero-order valence-corrected chi connectivity index (χ0v) is 15.8. The molecule has 1 fully saturated rings. The number of halogens is 1. The molecule has 1 heterocycles. The summed E-state index contributed by atoms with van der Waals surface area (Å²) in [5, 5.41) is 6.61. The van der Waals surface area contributed by atoms with Crippen molar-refractivity contribution < 1.29 is 13.9 Å². The summed E-state index contributed by atoms with van der Waals surface area (Å²) in [4.78, 5) is 7.00. The average Bonchev–Trinajstić information content (AvgIpc) is 2.66. The lowest BCUT2D eigenvalue weighted by molar-refractivity contribution is 0.0389. The number of nitrogens with one attached hydrogen (secondary N) is 2. The summed E-state index contributed by atoms with van der Waals surface area (Å²) in [7, 11) is 0. The van der Waals surface area contributed by atoms with E-state index in [9.17, 15) is 4.39 Å². The number of hydrogen-bond donors (Lipinski definition) is 2. The second-order valence-electron chi connectivity index (χ2n) is 6.21. The lowest BCUT2D eigenvalue weighted by Crippen LogP contribution is -2.44. The highest BCUT2D eigenvalue weighted by Crippen LogP contribution is 2.15. The van der Waals surface area contributed by atoms with E-state index in [-0.39, 0.29) is 11.9 Å². The summed E-state index contributed by atoms with van der Waals surface area (Å²) in [5.41, 5.74) is 0. The molecule has 1 saturated heterocycles. The Kier molecular flexibility index (Phi) is 9.20. The molecule has 146 valence electrons. The molecule has 26 heavy (non-hydrogen) atoms. The minimum atomic E-state index is -0.293. The standard InChI is InChI=1S/C19H31FN4O2/c1-3-17(26-18-7-5-6-16(20)14-18)15-23-19(21-4-2)22-8-9-24-10-12-25-13-11-24/h5-7,14,17H,3-4,8-13,15H2,1-2H3,(H2,21,22,23). The van der Waals surface area contributed by atoms with E-state index in [4.69, 9.17) is 9.47 Å². The van der Waals surface area contributed by atoms with Crippen LogP contribution in [0, 0.1) is 5.82 Å². The third kappa shape index (κ3) is 7.58. The first-order valence-corrected chi connectivity index (χ1v) is 9.45. The van der Waals surface area contributed by atoms with Gasteiger partial charge in [0.05, 0.1) is 19.8 Å². The molecule has 2 rings (SSSR count). The molecule has 1 aliphatic heterocycles. The fourth-order valence-corrected chi connectivity index (χ4v) is 2.67. The number of rotatable bonds is 9. The van der Waals surface area contributed by atoms with Crippen LogP contribution in [0.3, 0.4) is 0 Å². The van der Waals surface area contributed by atoms with Crippen LogP contribution in [0.25, 0.3) is 0 Å². The molecule has 0 amide bonds. The zero-order valence-electron chi connectivity index (χ0n) is 15.8. The fourth-order valence-electron chi connectivity index (χ4n) is 2.67. The smallest absolute Gasteiger partial charge is 0.191 e. The molecule has 0 aromatic heterocycles. The van der Waals surface area contributed by atoms with Crippen LogP contribution in [-0.4, -0.2) is 69.4 Å². The van der Waals surface area contributed by atoms with Gasteiger partial charge in [-0.1, -0.05) is 13.0 Å². The number of benzene rings is 1. The second kappa shape index (κ2) is 11.7. The maximum Gasteiger partial charge on any atom is 0.191 e. The number of ether oxygens (including phenoxy) is 2. The second-order valence-corrected chi connectivity index (χ2v) is 6.21. The molecule has 0 spiro atoms. The Morgan fingerprint density at radius 1 is 1.31 bits per heavy atom. The highest BCUT2D eigenvalue weighted by atomic mass is 19.1. The summed E-state index contributed by atoms with van der Waals surface area (Å²) >= 11 is 0. The van der Waals surface area contributed by atoms with Gasteiger partial charge in [0.25, 0.3) is 0 Å². The van der Waals surface area contributed by atoms with E-state index in [2.05, 4.69) is 20.5 Å². The molecule has 0 radical (unpaired) electrons. The molecule has 0 saturated carbocycles. The Morgan fingerprint density at radius 2 is 2.12 bits per heavy atom. The average molecular weight is 366 g/mol. The first-order valence-electron chi connectivity index (χ1n) is 9.45. The molecule has 0 aliphatic carbocycles. The van der Waals surface area contributed by atoms with Crippen LogP contribution in [0.4, 0.5) is 4.39 Å². The minimum absolute atomic E-state index is 0.0912. The monoisotopic (exact) mass is 366 g/mol. The predicted octanol–water partition coefficient (Wildman–Crippen LogP) is 1.87. The number of nitrogens with zero attached hydrogens (tertiary/aromatic N) is 2. The van der Waals surface area contributed by atoms with Crippen molar-refractivity contribution in [1.82, 2.24) is 15.5 Å². The van der Waals surface area contributed by atoms with Crippen molar-refractivity contribution in [3.05, 3.63) is 30.1 Å². The summed E-state index contributed by atoms with van der Waals surface area (Å²) in [6.45, 7) is 10.8. The number of aliphatic imine (C=N–C) groups is 1. The van der Waals surface area contributed by atoms with Crippen LogP contribution in [-0.2, 0) is 4.74 Å². The van der Waals surface area contributed by atoms with Crippen molar-refractivity contribution in [2.75, 3.05) is 52.5 Å². The Morgan fingerprint density at radius 3 is 2.81 bits per heavy atom. The van der Waals surface area contributed by atoms with E-state index < -0.39 is 0 Å². The molecular weight excluding hydrogens is 335 g/mol. The molecule has 1 aromatic rings. The molecule has 2 N–H and O–H groups in total. The highest BCUT2D eigenvalue weighted by Gasteiger charge is 2.11. The third-order valence-corrected chi connectivity index (χ3v) is 4.18. The third-order valence-electron chi connectivity index (χ3n) is 4.18. The first kappa shape index (κ1) is 20.5. The van der Waals surface area contributed by atoms with Crippen molar-refractivity contribution in [1.29, 1.82) is 0 Å². The van der Waals surface area contributed by atoms with E-state index in [0.717, 1.165) is 58.3 Å². The van der Waals surface area contributed by atoms with Gasteiger partial charge in [-0.15, -0.1) is 0 Å². The predicted molar refractivity (Wildman–Crippen MR) is 102 cm³/mol. The fraction of sp³-hybridized carbons (Fsp3) is 0.632.